The minimum absolute atomic E-state index is 0.102. The molecule has 5 heteroatoms. The first kappa shape index (κ1) is 19.2. The summed E-state index contributed by atoms with van der Waals surface area (Å²) in [5.74, 6) is -0.649. The molecule has 1 aromatic rings. The van der Waals surface area contributed by atoms with Crippen LogP contribution in [0.25, 0.3) is 0 Å². The zero-order valence-corrected chi connectivity index (χ0v) is 14.9. The summed E-state index contributed by atoms with van der Waals surface area (Å²) in [5, 5.41) is 5.61. The van der Waals surface area contributed by atoms with Crippen molar-refractivity contribution in [2.75, 3.05) is 25.6 Å². The maximum atomic E-state index is 12.6. The molecule has 0 aromatic heterocycles. The predicted molar refractivity (Wildman–Crippen MR) is 92.4 cm³/mol. The summed E-state index contributed by atoms with van der Waals surface area (Å²) in [4.78, 5) is 24.8. The lowest BCUT2D eigenvalue weighted by molar-refractivity contribution is -0.138. The molecule has 0 saturated heterocycles. The molecule has 0 unspecified atom stereocenters. The van der Waals surface area contributed by atoms with Crippen LogP contribution in [0.15, 0.2) is 24.3 Å². The first-order valence-electron chi connectivity index (χ1n) is 7.79. The summed E-state index contributed by atoms with van der Waals surface area (Å²) in [6, 6.07) is 7.66. The van der Waals surface area contributed by atoms with Crippen LogP contribution in [0.4, 0.5) is 5.69 Å². The number of carbonyl (C=O) groups is 2. The summed E-state index contributed by atoms with van der Waals surface area (Å²) in [6.07, 6.45) is 0. The molecule has 0 radical (unpaired) electrons. The quantitative estimate of drug-likeness (QED) is 0.625. The Morgan fingerprint density at radius 3 is 2.22 bits per heavy atom. The molecule has 0 saturated carbocycles. The Kier molecular flexibility index (Phi) is 6.33. The number of ether oxygens (including phenoxy) is 1. The van der Waals surface area contributed by atoms with Crippen molar-refractivity contribution >= 4 is 17.5 Å². The van der Waals surface area contributed by atoms with Gasteiger partial charge in [0.15, 0.2) is 0 Å². The molecule has 2 amide bonds. The number of nitrogens with one attached hydrogen (secondary N) is 2. The Balaban J connectivity index is 2.89. The molecule has 5 nitrogen and oxygen atoms in total. The first-order chi connectivity index (χ1) is 10.6. The number of methoxy groups -OCH3 is 1. The molecular weight excluding hydrogens is 292 g/mol. The highest BCUT2D eigenvalue weighted by molar-refractivity contribution is 6.10. The number of para-hydroxylation sites is 1. The van der Waals surface area contributed by atoms with Crippen molar-refractivity contribution in [1.82, 2.24) is 5.32 Å². The van der Waals surface area contributed by atoms with E-state index in [1.54, 1.807) is 21.0 Å². The smallest absolute Gasteiger partial charge is 0.239 e. The number of hydrogen-bond acceptors (Lipinski definition) is 3. The summed E-state index contributed by atoms with van der Waals surface area (Å²) in [7, 11) is 1.56. The van der Waals surface area contributed by atoms with Crippen molar-refractivity contribution in [2.45, 2.75) is 40.0 Å². The molecule has 23 heavy (non-hydrogen) atoms. The fraction of sp³-hybridized carbons (Fsp3) is 0.556. The van der Waals surface area contributed by atoms with Gasteiger partial charge in [-0.25, -0.2) is 0 Å². The van der Waals surface area contributed by atoms with E-state index in [2.05, 4.69) is 31.4 Å². The second kappa shape index (κ2) is 7.59. The standard InChI is InChI=1S/C18H28N2O3/c1-17(2,3)13-9-7-8-10-14(13)20-16(22)18(4,5)15(21)19-11-12-23-6/h7-10H,11-12H2,1-6H3,(H,19,21)(H,20,22). The molecule has 128 valence electrons. The van der Waals surface area contributed by atoms with E-state index in [1.165, 1.54) is 0 Å². The number of benzene rings is 1. The van der Waals surface area contributed by atoms with Gasteiger partial charge in [0.1, 0.15) is 5.41 Å². The fourth-order valence-corrected chi connectivity index (χ4v) is 2.12. The van der Waals surface area contributed by atoms with Crippen LogP contribution in [0.2, 0.25) is 0 Å². The second-order valence-electron chi connectivity index (χ2n) is 7.12. The highest BCUT2D eigenvalue weighted by Gasteiger charge is 2.36. The van der Waals surface area contributed by atoms with Crippen molar-refractivity contribution in [3.8, 4) is 0 Å². The Morgan fingerprint density at radius 2 is 1.65 bits per heavy atom. The lowest BCUT2D eigenvalue weighted by Gasteiger charge is -2.26. The number of hydrogen-bond donors (Lipinski definition) is 2. The van der Waals surface area contributed by atoms with Gasteiger partial charge in [-0.05, 0) is 30.9 Å². The van der Waals surface area contributed by atoms with E-state index in [0.717, 1.165) is 11.3 Å². The average molecular weight is 320 g/mol. The number of rotatable bonds is 6. The number of amides is 2. The first-order valence-corrected chi connectivity index (χ1v) is 7.79. The third-order valence-electron chi connectivity index (χ3n) is 3.71. The minimum Gasteiger partial charge on any atom is -0.383 e. The van der Waals surface area contributed by atoms with Crippen LogP contribution in [0.1, 0.15) is 40.2 Å². The maximum absolute atomic E-state index is 12.6. The van der Waals surface area contributed by atoms with Crippen molar-refractivity contribution in [1.29, 1.82) is 0 Å². The topological polar surface area (TPSA) is 67.4 Å². The highest BCUT2D eigenvalue weighted by atomic mass is 16.5. The molecule has 1 aromatic carbocycles. The van der Waals surface area contributed by atoms with Gasteiger partial charge in [-0.2, -0.15) is 0 Å². The molecule has 0 spiro atoms. The number of anilines is 1. The molecule has 0 aliphatic heterocycles. The monoisotopic (exact) mass is 320 g/mol. The Labute approximate surface area is 138 Å². The van der Waals surface area contributed by atoms with E-state index in [0.29, 0.717) is 13.2 Å². The van der Waals surface area contributed by atoms with E-state index >= 15 is 0 Å². The van der Waals surface area contributed by atoms with Crippen molar-refractivity contribution in [3.63, 3.8) is 0 Å². The Morgan fingerprint density at radius 1 is 1.04 bits per heavy atom. The van der Waals surface area contributed by atoms with E-state index in [-0.39, 0.29) is 17.2 Å². The average Bonchev–Trinajstić information content (AvgIpc) is 2.46. The Hall–Kier alpha value is -1.88. The maximum Gasteiger partial charge on any atom is 0.239 e. The normalized spacial score (nSPS) is 11.9. The molecule has 1 rings (SSSR count). The van der Waals surface area contributed by atoms with E-state index < -0.39 is 5.41 Å². The van der Waals surface area contributed by atoms with Crippen LogP contribution >= 0.6 is 0 Å². The largest absolute Gasteiger partial charge is 0.383 e. The van der Waals surface area contributed by atoms with Gasteiger partial charge >= 0.3 is 0 Å². The highest BCUT2D eigenvalue weighted by Crippen LogP contribution is 2.30. The minimum atomic E-state index is -1.17. The van der Waals surface area contributed by atoms with Crippen LogP contribution < -0.4 is 10.6 Å². The Bertz CT molecular complexity index is 560. The van der Waals surface area contributed by atoms with E-state index in [1.807, 2.05) is 24.3 Å². The van der Waals surface area contributed by atoms with Gasteiger partial charge in [0.2, 0.25) is 11.8 Å². The van der Waals surface area contributed by atoms with Crippen LogP contribution in [-0.2, 0) is 19.7 Å². The molecule has 2 N–H and O–H groups in total. The molecule has 0 heterocycles. The molecule has 0 atom stereocenters. The van der Waals surface area contributed by atoms with Crippen LogP contribution in [0, 0.1) is 5.41 Å². The van der Waals surface area contributed by atoms with Crippen molar-refractivity contribution < 1.29 is 14.3 Å². The van der Waals surface area contributed by atoms with E-state index in [9.17, 15) is 9.59 Å². The SMILES string of the molecule is COCCNC(=O)C(C)(C)C(=O)Nc1ccccc1C(C)(C)C. The third kappa shape index (κ3) is 5.06. The number of carbonyl (C=O) groups excluding carboxylic acids is 2. The summed E-state index contributed by atoms with van der Waals surface area (Å²) in [6.45, 7) is 10.3. The molecule has 0 fully saturated rings. The summed E-state index contributed by atoms with van der Waals surface area (Å²) >= 11 is 0. The summed E-state index contributed by atoms with van der Waals surface area (Å²) in [5.41, 5.74) is 0.500. The fourth-order valence-electron chi connectivity index (χ4n) is 2.12. The van der Waals surface area contributed by atoms with Gasteiger partial charge in [-0.3, -0.25) is 9.59 Å². The van der Waals surface area contributed by atoms with E-state index in [4.69, 9.17) is 4.74 Å². The van der Waals surface area contributed by atoms with Crippen molar-refractivity contribution in [2.24, 2.45) is 5.41 Å². The summed E-state index contributed by atoms with van der Waals surface area (Å²) < 4.78 is 4.90. The molecular formula is C18H28N2O3. The lowest BCUT2D eigenvalue weighted by Crippen LogP contribution is -2.46. The lowest BCUT2D eigenvalue weighted by atomic mass is 9.85. The molecule has 0 aliphatic carbocycles. The van der Waals surface area contributed by atoms with Gasteiger partial charge in [-0.15, -0.1) is 0 Å². The molecule has 0 bridgehead atoms. The van der Waals surface area contributed by atoms with Gasteiger partial charge in [0, 0.05) is 19.3 Å². The zero-order chi connectivity index (χ0) is 17.7. The van der Waals surface area contributed by atoms with Gasteiger partial charge in [-0.1, -0.05) is 39.0 Å². The van der Waals surface area contributed by atoms with Crippen LogP contribution in [0.3, 0.4) is 0 Å². The zero-order valence-electron chi connectivity index (χ0n) is 14.9. The second-order valence-corrected chi connectivity index (χ2v) is 7.12. The van der Waals surface area contributed by atoms with Gasteiger partial charge in [0.25, 0.3) is 0 Å². The van der Waals surface area contributed by atoms with Gasteiger partial charge < -0.3 is 15.4 Å². The van der Waals surface area contributed by atoms with Crippen LogP contribution in [-0.4, -0.2) is 32.1 Å². The third-order valence-corrected chi connectivity index (χ3v) is 3.71. The van der Waals surface area contributed by atoms with Crippen LogP contribution in [0.5, 0.6) is 0 Å². The molecule has 0 aliphatic rings. The van der Waals surface area contributed by atoms with Gasteiger partial charge in [0.05, 0.1) is 6.61 Å². The van der Waals surface area contributed by atoms with Crippen molar-refractivity contribution in [3.05, 3.63) is 29.8 Å². The predicted octanol–water partition coefficient (Wildman–Crippen LogP) is 2.71.